The summed E-state index contributed by atoms with van der Waals surface area (Å²) in [5.74, 6) is -3.45. The number of ketones is 1. The van der Waals surface area contributed by atoms with E-state index in [4.69, 9.17) is 14.2 Å². The van der Waals surface area contributed by atoms with Crippen molar-refractivity contribution in [1.29, 1.82) is 0 Å². The summed E-state index contributed by atoms with van der Waals surface area (Å²) < 4.78 is 17.5. The second-order valence-electron chi connectivity index (χ2n) is 9.28. The molecule has 2 aliphatic carbocycles. The molecule has 3 rings (SSSR count). The molecule has 0 aromatic carbocycles. The van der Waals surface area contributed by atoms with E-state index in [0.717, 1.165) is 11.1 Å². The van der Waals surface area contributed by atoms with Crippen LogP contribution < -0.4 is 0 Å². The number of hydrogen-bond acceptors (Lipinski definition) is 7. The number of hydrogen-bond donors (Lipinski definition) is 0. The Morgan fingerprint density at radius 3 is 2.56 bits per heavy atom. The van der Waals surface area contributed by atoms with Gasteiger partial charge in [-0.1, -0.05) is 31.1 Å². The van der Waals surface area contributed by atoms with Gasteiger partial charge in [0.2, 0.25) is 5.60 Å². The molecule has 0 bridgehead atoms. The quantitative estimate of drug-likeness (QED) is 0.363. The third-order valence-corrected chi connectivity index (χ3v) is 7.10. The summed E-state index contributed by atoms with van der Waals surface area (Å²) in [5, 5.41) is 0. The Bertz CT molecular complexity index is 953. The standard InChI is InChI=1S/C25H32O7/c1-8-12(3)22(27)30-17-11-15(6)18-16(26)10-14(5)19(18)21-20(17)25(7,24(29)31-21)32-23(28)13(4)9-2/h8,10,13,17,19-21H,9,11H2,1-7H3/b12-8-/t13?,17-,19+,20+,21-,25-/m0/s1. The molecule has 1 unspecified atom stereocenters. The summed E-state index contributed by atoms with van der Waals surface area (Å²) in [4.78, 5) is 51.2. The van der Waals surface area contributed by atoms with E-state index in [1.807, 2.05) is 20.8 Å². The molecular weight excluding hydrogens is 412 g/mol. The minimum atomic E-state index is -1.64. The summed E-state index contributed by atoms with van der Waals surface area (Å²) in [6, 6.07) is 0. The van der Waals surface area contributed by atoms with E-state index in [1.54, 1.807) is 32.9 Å². The predicted molar refractivity (Wildman–Crippen MR) is 116 cm³/mol. The zero-order chi connectivity index (χ0) is 24.0. The van der Waals surface area contributed by atoms with E-state index in [-0.39, 0.29) is 12.2 Å². The van der Waals surface area contributed by atoms with Gasteiger partial charge in [-0.05, 0) is 47.1 Å². The van der Waals surface area contributed by atoms with Gasteiger partial charge in [0.25, 0.3) is 0 Å². The SMILES string of the molecule is C/C=C(/C)C(=O)O[C@H]1CC(C)=C2C(=O)C=C(C)[C@H]2[C@@H]2OC(=O)[C@@](C)(OC(=O)C(C)CC)[C@@H]21. The van der Waals surface area contributed by atoms with E-state index in [2.05, 4.69) is 0 Å². The first kappa shape index (κ1) is 24.0. The average Bonchev–Trinajstić information content (AvgIpc) is 3.12. The molecule has 7 nitrogen and oxygen atoms in total. The average molecular weight is 445 g/mol. The van der Waals surface area contributed by atoms with Crippen LogP contribution in [0.1, 0.15) is 61.3 Å². The van der Waals surface area contributed by atoms with E-state index in [1.165, 1.54) is 6.92 Å². The maximum absolute atomic E-state index is 13.1. The molecule has 0 saturated carbocycles. The van der Waals surface area contributed by atoms with E-state index < -0.39 is 53.5 Å². The second kappa shape index (κ2) is 8.68. The highest BCUT2D eigenvalue weighted by Crippen LogP contribution is 2.51. The molecule has 3 aliphatic rings. The first-order chi connectivity index (χ1) is 15.0. The molecule has 0 aromatic heterocycles. The minimum Gasteiger partial charge on any atom is -0.458 e. The Morgan fingerprint density at radius 1 is 1.31 bits per heavy atom. The van der Waals surface area contributed by atoms with Crippen molar-refractivity contribution in [3.05, 3.63) is 34.4 Å². The number of rotatable bonds is 5. The Kier molecular flexibility index (Phi) is 6.50. The van der Waals surface area contributed by atoms with Gasteiger partial charge in [-0.25, -0.2) is 9.59 Å². The molecule has 1 saturated heterocycles. The van der Waals surface area contributed by atoms with Crippen molar-refractivity contribution in [2.24, 2.45) is 17.8 Å². The summed E-state index contributed by atoms with van der Waals surface area (Å²) in [6.45, 7) is 12.2. The zero-order valence-electron chi connectivity index (χ0n) is 19.8. The first-order valence-corrected chi connectivity index (χ1v) is 11.2. The third kappa shape index (κ3) is 3.82. The monoisotopic (exact) mass is 444 g/mol. The van der Waals surface area contributed by atoms with E-state index in [0.29, 0.717) is 17.6 Å². The highest BCUT2D eigenvalue weighted by Gasteiger charge is 2.65. The van der Waals surface area contributed by atoms with Crippen LogP contribution in [-0.2, 0) is 33.4 Å². The minimum absolute atomic E-state index is 0.124. The third-order valence-electron chi connectivity index (χ3n) is 7.10. The fraction of sp³-hybridized carbons (Fsp3) is 0.600. The summed E-state index contributed by atoms with van der Waals surface area (Å²) in [7, 11) is 0. The Labute approximate surface area is 188 Å². The van der Waals surface area contributed by atoms with Gasteiger partial charge >= 0.3 is 17.9 Å². The summed E-state index contributed by atoms with van der Waals surface area (Å²) >= 11 is 0. The van der Waals surface area contributed by atoms with Crippen molar-refractivity contribution in [2.75, 3.05) is 0 Å². The molecule has 32 heavy (non-hydrogen) atoms. The molecule has 1 aliphatic heterocycles. The van der Waals surface area contributed by atoms with Crippen LogP contribution in [-0.4, -0.2) is 41.5 Å². The molecule has 1 heterocycles. The lowest BCUT2D eigenvalue weighted by molar-refractivity contribution is -0.181. The van der Waals surface area contributed by atoms with Gasteiger partial charge in [0.15, 0.2) is 5.78 Å². The van der Waals surface area contributed by atoms with Crippen LogP contribution in [0.5, 0.6) is 0 Å². The number of allylic oxidation sites excluding steroid dienone is 2. The fourth-order valence-electron chi connectivity index (χ4n) is 4.85. The van der Waals surface area contributed by atoms with Crippen molar-refractivity contribution in [3.63, 3.8) is 0 Å². The van der Waals surface area contributed by atoms with Crippen molar-refractivity contribution in [2.45, 2.75) is 79.1 Å². The molecule has 6 atom stereocenters. The lowest BCUT2D eigenvalue weighted by atomic mass is 9.77. The van der Waals surface area contributed by atoms with Crippen molar-refractivity contribution in [3.8, 4) is 0 Å². The maximum atomic E-state index is 13.1. The second-order valence-corrected chi connectivity index (χ2v) is 9.28. The normalized spacial score (nSPS) is 33.1. The maximum Gasteiger partial charge on any atom is 0.351 e. The molecule has 0 spiro atoms. The van der Waals surface area contributed by atoms with Crippen LogP contribution in [0.15, 0.2) is 34.4 Å². The van der Waals surface area contributed by atoms with Crippen molar-refractivity contribution >= 4 is 23.7 Å². The largest absolute Gasteiger partial charge is 0.458 e. The fourth-order valence-corrected chi connectivity index (χ4v) is 4.85. The number of fused-ring (bicyclic) bond motifs is 3. The summed E-state index contributed by atoms with van der Waals surface area (Å²) in [6.07, 6.45) is 2.42. The Morgan fingerprint density at radius 2 is 1.97 bits per heavy atom. The molecular formula is C25H32O7. The smallest absolute Gasteiger partial charge is 0.351 e. The molecule has 0 radical (unpaired) electrons. The number of esters is 3. The van der Waals surface area contributed by atoms with E-state index >= 15 is 0 Å². The summed E-state index contributed by atoms with van der Waals surface area (Å²) in [5.41, 5.74) is 0.921. The van der Waals surface area contributed by atoms with Crippen molar-refractivity contribution in [1.82, 2.24) is 0 Å². The highest BCUT2D eigenvalue weighted by atomic mass is 16.6. The molecule has 0 aromatic rings. The van der Waals surface area contributed by atoms with Gasteiger partial charge in [-0.2, -0.15) is 0 Å². The van der Waals surface area contributed by atoms with Crippen LogP contribution in [0.4, 0.5) is 0 Å². The van der Waals surface area contributed by atoms with Crippen LogP contribution in [0.25, 0.3) is 0 Å². The molecule has 0 amide bonds. The van der Waals surface area contributed by atoms with Crippen LogP contribution in [0, 0.1) is 17.8 Å². The van der Waals surface area contributed by atoms with Crippen LogP contribution in [0.3, 0.4) is 0 Å². The molecule has 174 valence electrons. The van der Waals surface area contributed by atoms with Gasteiger partial charge < -0.3 is 14.2 Å². The van der Waals surface area contributed by atoms with Crippen LogP contribution in [0.2, 0.25) is 0 Å². The lowest BCUT2D eigenvalue weighted by Crippen LogP contribution is -2.51. The zero-order valence-corrected chi connectivity index (χ0v) is 19.8. The van der Waals surface area contributed by atoms with Gasteiger partial charge in [0.1, 0.15) is 12.2 Å². The van der Waals surface area contributed by atoms with Crippen LogP contribution >= 0.6 is 0 Å². The molecule has 7 heteroatoms. The highest BCUT2D eigenvalue weighted by molar-refractivity contribution is 6.09. The predicted octanol–water partition coefficient (Wildman–Crippen LogP) is 3.62. The number of carbonyl (C=O) groups is 4. The number of ether oxygens (including phenoxy) is 3. The van der Waals surface area contributed by atoms with E-state index in [9.17, 15) is 19.2 Å². The Balaban J connectivity index is 2.10. The Hall–Kier alpha value is -2.70. The number of carbonyl (C=O) groups excluding carboxylic acids is 4. The van der Waals surface area contributed by atoms with Gasteiger partial charge in [-0.3, -0.25) is 9.59 Å². The lowest BCUT2D eigenvalue weighted by Gasteiger charge is -2.35. The van der Waals surface area contributed by atoms with Gasteiger partial charge in [0, 0.05) is 23.5 Å². The van der Waals surface area contributed by atoms with Crippen molar-refractivity contribution < 1.29 is 33.4 Å². The van der Waals surface area contributed by atoms with Gasteiger partial charge in [-0.15, -0.1) is 0 Å². The molecule has 0 N–H and O–H groups in total. The first-order valence-electron chi connectivity index (χ1n) is 11.2. The topological polar surface area (TPSA) is 96.0 Å². The molecule has 1 fully saturated rings. The van der Waals surface area contributed by atoms with Gasteiger partial charge in [0.05, 0.1) is 11.8 Å².